The van der Waals surface area contributed by atoms with E-state index in [1.54, 1.807) is 0 Å². The Morgan fingerprint density at radius 2 is 1.08 bits per heavy atom. The molecule has 0 bridgehead atoms. The molecule has 0 saturated carbocycles. The van der Waals surface area contributed by atoms with Crippen LogP contribution in [0.2, 0.25) is 0 Å². The molecule has 2 heteroatoms. The van der Waals surface area contributed by atoms with Crippen LogP contribution in [0.4, 0.5) is 0 Å². The molecule has 0 radical (unpaired) electrons. The highest BCUT2D eigenvalue weighted by Crippen LogP contribution is 2.39. The standard InChI is InChI=1S/C37H24N2/c1-2-6-25(7-3-1)30-12-16-34-35-17-13-31-22-29(27-18-20-38-21-19-27)11-15-33(31)37(35)39(36(34)24-30)32-14-10-26-8-4-5-9-28(26)23-32/h1-24H. The minimum atomic E-state index is 1.17. The Balaban J connectivity index is 1.47. The van der Waals surface area contributed by atoms with Crippen LogP contribution in [0.3, 0.4) is 0 Å². The van der Waals surface area contributed by atoms with E-state index in [9.17, 15) is 0 Å². The molecule has 0 spiro atoms. The van der Waals surface area contributed by atoms with Crippen molar-refractivity contribution in [1.82, 2.24) is 9.55 Å². The van der Waals surface area contributed by atoms with Gasteiger partial charge in [0.2, 0.25) is 0 Å². The quantitative estimate of drug-likeness (QED) is 0.238. The Morgan fingerprint density at radius 1 is 0.410 bits per heavy atom. The van der Waals surface area contributed by atoms with Crippen LogP contribution in [0.25, 0.3) is 71.3 Å². The largest absolute Gasteiger partial charge is 0.309 e. The predicted molar refractivity (Wildman–Crippen MR) is 164 cm³/mol. The van der Waals surface area contributed by atoms with Crippen molar-refractivity contribution < 1.29 is 0 Å². The van der Waals surface area contributed by atoms with Crippen LogP contribution in [-0.4, -0.2) is 9.55 Å². The fourth-order valence-corrected chi connectivity index (χ4v) is 5.95. The molecule has 6 aromatic carbocycles. The maximum atomic E-state index is 4.19. The fraction of sp³-hybridized carbons (Fsp3) is 0. The van der Waals surface area contributed by atoms with Crippen molar-refractivity contribution in [3.63, 3.8) is 0 Å². The number of rotatable bonds is 3. The van der Waals surface area contributed by atoms with Crippen molar-refractivity contribution in [3.05, 3.63) is 146 Å². The van der Waals surface area contributed by atoms with Gasteiger partial charge in [0.25, 0.3) is 0 Å². The number of aromatic nitrogens is 2. The third-order valence-corrected chi connectivity index (χ3v) is 7.86. The molecule has 0 saturated heterocycles. The molecule has 182 valence electrons. The summed E-state index contributed by atoms with van der Waals surface area (Å²) < 4.78 is 2.46. The van der Waals surface area contributed by atoms with Gasteiger partial charge in [-0.15, -0.1) is 0 Å². The van der Waals surface area contributed by atoms with Crippen LogP contribution in [-0.2, 0) is 0 Å². The van der Waals surface area contributed by atoms with Crippen molar-refractivity contribution in [2.75, 3.05) is 0 Å². The number of benzene rings is 6. The average Bonchev–Trinajstić information content (AvgIpc) is 3.35. The highest BCUT2D eigenvalue weighted by molar-refractivity contribution is 6.19. The van der Waals surface area contributed by atoms with E-state index in [0.717, 1.165) is 0 Å². The lowest BCUT2D eigenvalue weighted by molar-refractivity contribution is 1.19. The lowest BCUT2D eigenvalue weighted by Crippen LogP contribution is -1.95. The van der Waals surface area contributed by atoms with E-state index in [-0.39, 0.29) is 0 Å². The third-order valence-electron chi connectivity index (χ3n) is 7.86. The summed E-state index contributed by atoms with van der Waals surface area (Å²) in [4.78, 5) is 4.19. The lowest BCUT2D eigenvalue weighted by atomic mass is 9.99. The number of fused-ring (bicyclic) bond motifs is 6. The van der Waals surface area contributed by atoms with E-state index in [2.05, 4.69) is 143 Å². The Labute approximate surface area is 226 Å². The molecule has 0 aliphatic heterocycles. The first-order chi connectivity index (χ1) is 19.3. The van der Waals surface area contributed by atoms with Gasteiger partial charge in [-0.2, -0.15) is 0 Å². The molecular formula is C37H24N2. The van der Waals surface area contributed by atoms with Gasteiger partial charge >= 0.3 is 0 Å². The molecule has 0 aliphatic rings. The molecule has 2 aromatic heterocycles. The third kappa shape index (κ3) is 3.53. The molecule has 0 unspecified atom stereocenters. The number of nitrogens with zero attached hydrogens (tertiary/aromatic N) is 2. The van der Waals surface area contributed by atoms with Gasteiger partial charge in [0, 0.05) is 34.2 Å². The van der Waals surface area contributed by atoms with E-state index in [4.69, 9.17) is 0 Å². The van der Waals surface area contributed by atoms with Gasteiger partial charge in [0.1, 0.15) is 0 Å². The zero-order valence-electron chi connectivity index (χ0n) is 21.3. The summed E-state index contributed by atoms with van der Waals surface area (Å²) in [6.45, 7) is 0. The second-order valence-electron chi connectivity index (χ2n) is 10.1. The first-order valence-electron chi connectivity index (χ1n) is 13.3. The molecule has 0 fully saturated rings. The summed E-state index contributed by atoms with van der Waals surface area (Å²) in [5, 5.41) is 7.49. The smallest absolute Gasteiger partial charge is 0.0619 e. The minimum Gasteiger partial charge on any atom is -0.309 e. The first kappa shape index (κ1) is 21.8. The van der Waals surface area contributed by atoms with Crippen LogP contribution < -0.4 is 0 Å². The maximum absolute atomic E-state index is 4.19. The van der Waals surface area contributed by atoms with Crippen LogP contribution in [0.1, 0.15) is 0 Å². The number of hydrogen-bond donors (Lipinski definition) is 0. The predicted octanol–water partition coefficient (Wildman–Crippen LogP) is 9.82. The van der Waals surface area contributed by atoms with Crippen molar-refractivity contribution >= 4 is 43.4 Å². The second kappa shape index (κ2) is 8.68. The molecule has 0 atom stereocenters. The zero-order valence-corrected chi connectivity index (χ0v) is 21.3. The van der Waals surface area contributed by atoms with Crippen molar-refractivity contribution in [1.29, 1.82) is 0 Å². The monoisotopic (exact) mass is 496 g/mol. The van der Waals surface area contributed by atoms with E-state index >= 15 is 0 Å². The van der Waals surface area contributed by atoms with Crippen molar-refractivity contribution in [2.45, 2.75) is 0 Å². The summed E-state index contributed by atoms with van der Waals surface area (Å²) in [7, 11) is 0. The van der Waals surface area contributed by atoms with Crippen LogP contribution in [0.15, 0.2) is 146 Å². The van der Waals surface area contributed by atoms with E-state index in [1.165, 1.54) is 71.3 Å². The molecular weight excluding hydrogens is 472 g/mol. The van der Waals surface area contributed by atoms with Gasteiger partial charge in [-0.05, 0) is 74.8 Å². The fourth-order valence-electron chi connectivity index (χ4n) is 5.95. The summed E-state index contributed by atoms with van der Waals surface area (Å²) in [6, 6.07) is 48.4. The average molecular weight is 497 g/mol. The summed E-state index contributed by atoms with van der Waals surface area (Å²) >= 11 is 0. The Hall–Kier alpha value is -5.21. The van der Waals surface area contributed by atoms with Crippen LogP contribution in [0.5, 0.6) is 0 Å². The maximum Gasteiger partial charge on any atom is 0.0619 e. The second-order valence-corrected chi connectivity index (χ2v) is 10.1. The highest BCUT2D eigenvalue weighted by atomic mass is 15.0. The van der Waals surface area contributed by atoms with Crippen LogP contribution in [0, 0.1) is 0 Å². The molecule has 8 aromatic rings. The first-order valence-corrected chi connectivity index (χ1v) is 13.3. The van der Waals surface area contributed by atoms with E-state index in [0.29, 0.717) is 0 Å². The summed E-state index contributed by atoms with van der Waals surface area (Å²) in [5.74, 6) is 0. The molecule has 2 nitrogen and oxygen atoms in total. The van der Waals surface area contributed by atoms with Gasteiger partial charge in [-0.1, -0.05) is 97.1 Å². The molecule has 2 heterocycles. The Kier molecular flexibility index (Phi) is 4.86. The SMILES string of the molecule is c1ccc(-c2ccc3c4ccc5cc(-c6ccncc6)ccc5c4n(-c4ccc5ccccc5c4)c3c2)cc1. The van der Waals surface area contributed by atoms with Gasteiger partial charge in [-0.3, -0.25) is 4.98 Å². The van der Waals surface area contributed by atoms with Gasteiger partial charge < -0.3 is 4.57 Å². The Morgan fingerprint density at radius 3 is 1.92 bits per heavy atom. The molecule has 0 amide bonds. The normalized spacial score (nSPS) is 11.6. The van der Waals surface area contributed by atoms with E-state index < -0.39 is 0 Å². The van der Waals surface area contributed by atoms with E-state index in [1.807, 2.05) is 12.4 Å². The Bertz CT molecular complexity index is 2160. The van der Waals surface area contributed by atoms with Crippen LogP contribution >= 0.6 is 0 Å². The summed E-state index contributed by atoms with van der Waals surface area (Å²) in [6.07, 6.45) is 3.70. The van der Waals surface area contributed by atoms with Gasteiger partial charge in [0.05, 0.1) is 11.0 Å². The topological polar surface area (TPSA) is 17.8 Å². The molecule has 8 rings (SSSR count). The number of pyridine rings is 1. The molecule has 0 aliphatic carbocycles. The van der Waals surface area contributed by atoms with Crippen molar-refractivity contribution in [2.24, 2.45) is 0 Å². The van der Waals surface area contributed by atoms with Gasteiger partial charge in [0.15, 0.2) is 0 Å². The lowest BCUT2D eigenvalue weighted by Gasteiger charge is -2.12. The van der Waals surface area contributed by atoms with Gasteiger partial charge in [-0.25, -0.2) is 0 Å². The highest BCUT2D eigenvalue weighted by Gasteiger charge is 2.17. The molecule has 0 N–H and O–H groups in total. The minimum absolute atomic E-state index is 1.17. The zero-order chi connectivity index (χ0) is 25.8. The van der Waals surface area contributed by atoms with Crippen molar-refractivity contribution in [3.8, 4) is 27.9 Å². The molecule has 39 heavy (non-hydrogen) atoms. The summed E-state index contributed by atoms with van der Waals surface area (Å²) in [5.41, 5.74) is 8.44. The number of hydrogen-bond acceptors (Lipinski definition) is 1.